The van der Waals surface area contributed by atoms with Gasteiger partial charge >= 0.3 is 7.60 Å². The summed E-state index contributed by atoms with van der Waals surface area (Å²) in [7, 11) is -3.86. The molecule has 0 aromatic heterocycles. The molecule has 0 atom stereocenters. The molecule has 0 bridgehead atoms. The van der Waals surface area contributed by atoms with E-state index in [9.17, 15) is 4.57 Å². The highest BCUT2D eigenvalue weighted by molar-refractivity contribution is 7.52. The third-order valence-corrected chi connectivity index (χ3v) is 4.91. The van der Waals surface area contributed by atoms with E-state index in [-0.39, 0.29) is 0 Å². The average molecular weight is 240 g/mol. The minimum absolute atomic E-state index is 0.410. The first-order valence-electron chi connectivity index (χ1n) is 5.67. The van der Waals surface area contributed by atoms with Gasteiger partial charge in [0.15, 0.2) is 0 Å². The van der Waals surface area contributed by atoms with Crippen molar-refractivity contribution in [2.24, 2.45) is 0 Å². The molecule has 0 unspecified atom stereocenters. The van der Waals surface area contributed by atoms with Crippen molar-refractivity contribution in [2.45, 2.75) is 37.3 Å². The van der Waals surface area contributed by atoms with E-state index in [1.807, 2.05) is 18.2 Å². The first-order chi connectivity index (χ1) is 7.57. The minimum atomic E-state index is -3.86. The molecule has 0 heterocycles. The van der Waals surface area contributed by atoms with E-state index < -0.39 is 13.3 Å². The largest absolute Gasteiger partial charge is 0.328 e. The van der Waals surface area contributed by atoms with E-state index >= 15 is 0 Å². The van der Waals surface area contributed by atoms with Crippen molar-refractivity contribution in [3.8, 4) is 0 Å². The molecule has 1 aromatic carbocycles. The molecule has 1 saturated carbocycles. The number of hydrogen-bond donors (Lipinski definition) is 2. The zero-order chi connectivity index (χ0) is 11.6. The monoisotopic (exact) mass is 240 g/mol. The highest BCUT2D eigenvalue weighted by atomic mass is 31.2. The van der Waals surface area contributed by atoms with E-state index in [4.69, 9.17) is 9.79 Å². The Balaban J connectivity index is 1.98. The van der Waals surface area contributed by atoms with Crippen molar-refractivity contribution in [3.63, 3.8) is 0 Å². The molecule has 1 fully saturated rings. The van der Waals surface area contributed by atoms with Crippen molar-refractivity contribution >= 4 is 7.60 Å². The number of hydrogen-bond acceptors (Lipinski definition) is 1. The van der Waals surface area contributed by atoms with Gasteiger partial charge in [0.2, 0.25) is 0 Å². The maximum Gasteiger partial charge on any atom is 0.328 e. The van der Waals surface area contributed by atoms with Crippen molar-refractivity contribution in [1.29, 1.82) is 0 Å². The predicted octanol–water partition coefficient (Wildman–Crippen LogP) is 2.89. The molecular weight excluding hydrogens is 223 g/mol. The Kier molecular flexibility index (Phi) is 3.48. The van der Waals surface area contributed by atoms with Gasteiger partial charge in [-0.15, -0.1) is 0 Å². The van der Waals surface area contributed by atoms with Crippen molar-refractivity contribution < 1.29 is 14.4 Å². The van der Waals surface area contributed by atoms with Crippen LogP contribution in [-0.2, 0) is 4.57 Å². The Morgan fingerprint density at radius 2 is 1.56 bits per heavy atom. The summed E-state index contributed by atoms with van der Waals surface area (Å²) < 4.78 is 11.1. The Labute approximate surface area is 95.7 Å². The smallest absolute Gasteiger partial charge is 0.324 e. The second kappa shape index (κ2) is 4.70. The maximum absolute atomic E-state index is 11.1. The van der Waals surface area contributed by atoms with Crippen molar-refractivity contribution in [2.75, 3.05) is 0 Å². The Morgan fingerprint density at radius 1 is 1.00 bits per heavy atom. The quantitative estimate of drug-likeness (QED) is 0.781. The van der Waals surface area contributed by atoms with Gasteiger partial charge in [0.25, 0.3) is 0 Å². The fourth-order valence-electron chi connectivity index (χ4n) is 2.47. The van der Waals surface area contributed by atoms with Gasteiger partial charge in [-0.05, 0) is 37.2 Å². The topological polar surface area (TPSA) is 57.5 Å². The van der Waals surface area contributed by atoms with Crippen LogP contribution in [0, 0.1) is 0 Å². The molecule has 0 saturated heterocycles. The van der Waals surface area contributed by atoms with Gasteiger partial charge in [-0.3, -0.25) is 4.57 Å². The number of rotatable bonds is 2. The second-order valence-electron chi connectivity index (χ2n) is 4.51. The Hall–Kier alpha value is -0.630. The fourth-order valence-corrected chi connectivity index (χ4v) is 3.44. The first-order valence-corrected chi connectivity index (χ1v) is 7.35. The van der Waals surface area contributed by atoms with E-state index in [2.05, 4.69) is 12.1 Å². The van der Waals surface area contributed by atoms with E-state index in [1.54, 1.807) is 0 Å². The summed E-state index contributed by atoms with van der Waals surface area (Å²) in [6.07, 6.45) is 3.06. The van der Waals surface area contributed by atoms with Gasteiger partial charge in [0.1, 0.15) is 0 Å². The molecule has 1 aliphatic rings. The Bertz CT molecular complexity index is 377. The third kappa shape index (κ3) is 2.73. The van der Waals surface area contributed by atoms with Crippen molar-refractivity contribution in [3.05, 3.63) is 35.9 Å². The molecule has 2 rings (SSSR count). The van der Waals surface area contributed by atoms with Gasteiger partial charge in [0.05, 0.1) is 5.66 Å². The van der Waals surface area contributed by atoms with Crippen LogP contribution in [0.25, 0.3) is 0 Å². The van der Waals surface area contributed by atoms with Crippen LogP contribution < -0.4 is 0 Å². The minimum Gasteiger partial charge on any atom is -0.324 e. The van der Waals surface area contributed by atoms with Crippen LogP contribution in [0.5, 0.6) is 0 Å². The highest BCUT2D eigenvalue weighted by Gasteiger charge is 2.33. The van der Waals surface area contributed by atoms with Crippen LogP contribution in [-0.4, -0.2) is 15.4 Å². The molecule has 16 heavy (non-hydrogen) atoms. The molecular formula is C12H17O3P. The van der Waals surface area contributed by atoms with Crippen LogP contribution in [0.4, 0.5) is 0 Å². The van der Waals surface area contributed by atoms with Gasteiger partial charge < -0.3 is 9.79 Å². The summed E-state index contributed by atoms with van der Waals surface area (Å²) in [5.41, 5.74) is 0.888. The molecule has 1 aliphatic carbocycles. The Morgan fingerprint density at radius 3 is 2.06 bits per heavy atom. The van der Waals surface area contributed by atoms with E-state index in [0.717, 1.165) is 12.8 Å². The van der Waals surface area contributed by atoms with Gasteiger partial charge in [-0.1, -0.05) is 30.3 Å². The summed E-state index contributed by atoms with van der Waals surface area (Å²) >= 11 is 0. The summed E-state index contributed by atoms with van der Waals surface area (Å²) in [6, 6.07) is 10.2. The zero-order valence-electron chi connectivity index (χ0n) is 9.12. The van der Waals surface area contributed by atoms with Gasteiger partial charge in [0, 0.05) is 0 Å². The van der Waals surface area contributed by atoms with Crippen LogP contribution in [0.3, 0.4) is 0 Å². The van der Waals surface area contributed by atoms with Crippen LogP contribution in [0.15, 0.2) is 30.3 Å². The van der Waals surface area contributed by atoms with Crippen LogP contribution >= 0.6 is 7.60 Å². The van der Waals surface area contributed by atoms with Crippen LogP contribution in [0.2, 0.25) is 0 Å². The zero-order valence-corrected chi connectivity index (χ0v) is 10.0. The van der Waals surface area contributed by atoms with Gasteiger partial charge in [-0.25, -0.2) is 0 Å². The summed E-state index contributed by atoms with van der Waals surface area (Å²) in [6.45, 7) is 0. The molecule has 1 aromatic rings. The third-order valence-electron chi connectivity index (χ3n) is 3.44. The SMILES string of the molecule is O=P(O)(O)C1CCC(c2ccccc2)CC1. The molecule has 4 heteroatoms. The molecule has 88 valence electrons. The van der Waals surface area contributed by atoms with Crippen molar-refractivity contribution in [1.82, 2.24) is 0 Å². The molecule has 2 N–H and O–H groups in total. The molecule has 0 spiro atoms. The molecule has 0 aliphatic heterocycles. The molecule has 0 radical (unpaired) electrons. The lowest BCUT2D eigenvalue weighted by atomic mass is 9.84. The second-order valence-corrected chi connectivity index (χ2v) is 6.41. The molecule has 0 amide bonds. The standard InChI is InChI=1S/C12H17O3P/c13-16(14,15)12-8-6-11(7-9-12)10-4-2-1-3-5-10/h1-5,11-12H,6-9H2,(H2,13,14,15). The summed E-state index contributed by atoms with van der Waals surface area (Å²) in [5, 5.41) is 0. The fraction of sp³-hybridized carbons (Fsp3) is 0.500. The van der Waals surface area contributed by atoms with E-state index in [1.165, 1.54) is 5.56 Å². The van der Waals surface area contributed by atoms with Crippen LogP contribution in [0.1, 0.15) is 37.2 Å². The highest BCUT2D eigenvalue weighted by Crippen LogP contribution is 2.50. The first kappa shape index (κ1) is 11.8. The lowest BCUT2D eigenvalue weighted by molar-refractivity contribution is 0.328. The summed E-state index contributed by atoms with van der Waals surface area (Å²) in [5.74, 6) is 0.476. The van der Waals surface area contributed by atoms with E-state index in [0.29, 0.717) is 18.8 Å². The number of benzene rings is 1. The maximum atomic E-state index is 11.1. The predicted molar refractivity (Wildman–Crippen MR) is 63.5 cm³/mol. The normalized spacial score (nSPS) is 26.6. The lowest BCUT2D eigenvalue weighted by Crippen LogP contribution is -2.17. The summed E-state index contributed by atoms with van der Waals surface area (Å²) in [4.78, 5) is 18.2. The molecule has 3 nitrogen and oxygen atoms in total. The van der Waals surface area contributed by atoms with Gasteiger partial charge in [-0.2, -0.15) is 0 Å². The lowest BCUT2D eigenvalue weighted by Gasteiger charge is -2.29. The average Bonchev–Trinajstić information content (AvgIpc) is 2.29.